The van der Waals surface area contributed by atoms with Crippen molar-refractivity contribution in [3.05, 3.63) is 204 Å². The minimum Gasteiger partial charge on any atom is -0.455 e. The Hall–Kier alpha value is -7.56. The van der Waals surface area contributed by atoms with Crippen LogP contribution in [-0.2, 0) is 0 Å². The Morgan fingerprint density at radius 2 is 0.786 bits per heavy atom. The molecule has 0 saturated carbocycles. The summed E-state index contributed by atoms with van der Waals surface area (Å²) in [6, 6.07) is 59.4. The van der Waals surface area contributed by atoms with Crippen molar-refractivity contribution in [1.82, 2.24) is 0 Å². The molecule has 0 N–H and O–H groups in total. The van der Waals surface area contributed by atoms with Crippen molar-refractivity contribution in [3.63, 3.8) is 0 Å². The Kier molecular flexibility index (Phi) is 7.13. The summed E-state index contributed by atoms with van der Waals surface area (Å²) in [5.74, 6) is -0.272. The standard InChI is InChI=1S/C52H30O4/c53-48(34-22-12-4-13-23-34)41-29-38(32-18-8-2-9-19-32)40-30-39(33-20-10-3-11-21-33)50-47-45(40)51(41)55-43-27-26-36-37(31-16-6-1-7-17-31)28-42(52(56-50)44(36)46(43)47)49(54)35-24-14-5-15-25-35/h1-30H. The van der Waals surface area contributed by atoms with Gasteiger partial charge < -0.3 is 8.83 Å². The second-order valence-electron chi connectivity index (χ2n) is 14.2. The molecule has 56 heavy (non-hydrogen) atoms. The first-order valence-electron chi connectivity index (χ1n) is 18.7. The van der Waals surface area contributed by atoms with Gasteiger partial charge in [0.2, 0.25) is 0 Å². The van der Waals surface area contributed by atoms with E-state index in [-0.39, 0.29) is 11.6 Å². The highest BCUT2D eigenvalue weighted by molar-refractivity contribution is 6.33. The molecule has 11 rings (SSSR count). The van der Waals surface area contributed by atoms with Crippen LogP contribution in [0, 0.1) is 0 Å². The molecule has 0 unspecified atom stereocenters. The van der Waals surface area contributed by atoms with Crippen LogP contribution < -0.4 is 0 Å². The smallest absolute Gasteiger partial charge is 0.196 e. The van der Waals surface area contributed by atoms with E-state index in [1.165, 1.54) is 0 Å². The Morgan fingerprint density at radius 1 is 0.357 bits per heavy atom. The summed E-state index contributed by atoms with van der Waals surface area (Å²) in [6.07, 6.45) is 0. The van der Waals surface area contributed by atoms with Crippen LogP contribution in [-0.4, -0.2) is 11.6 Å². The Balaban J connectivity index is 1.37. The normalized spacial score (nSPS) is 11.7. The number of benzene rings is 9. The zero-order valence-electron chi connectivity index (χ0n) is 30.0. The van der Waals surface area contributed by atoms with E-state index in [1.807, 2.05) is 140 Å². The molecule has 0 fully saturated rings. The van der Waals surface area contributed by atoms with E-state index in [9.17, 15) is 9.59 Å². The van der Waals surface area contributed by atoms with Gasteiger partial charge in [0, 0.05) is 38.6 Å². The number of hydrogen-bond acceptors (Lipinski definition) is 4. The van der Waals surface area contributed by atoms with Crippen molar-refractivity contribution in [2.24, 2.45) is 0 Å². The van der Waals surface area contributed by atoms with Crippen molar-refractivity contribution >= 4 is 55.4 Å². The highest BCUT2D eigenvalue weighted by Gasteiger charge is 2.33. The molecule has 9 aromatic rings. The average Bonchev–Trinajstić information content (AvgIpc) is 3.28. The summed E-state index contributed by atoms with van der Waals surface area (Å²) >= 11 is 0. The van der Waals surface area contributed by atoms with E-state index in [0.717, 1.165) is 66.1 Å². The zero-order chi connectivity index (χ0) is 37.3. The van der Waals surface area contributed by atoms with Gasteiger partial charge in [-0.15, -0.1) is 0 Å². The van der Waals surface area contributed by atoms with Gasteiger partial charge in [0.1, 0.15) is 22.3 Å². The minimum absolute atomic E-state index is 0.135. The van der Waals surface area contributed by atoms with Gasteiger partial charge in [-0.1, -0.05) is 152 Å². The van der Waals surface area contributed by atoms with Crippen LogP contribution in [0.25, 0.3) is 88.4 Å². The monoisotopic (exact) mass is 718 g/mol. The third-order valence-electron chi connectivity index (χ3n) is 11.0. The van der Waals surface area contributed by atoms with Gasteiger partial charge in [0.15, 0.2) is 11.6 Å². The van der Waals surface area contributed by atoms with Gasteiger partial charge in [0.25, 0.3) is 0 Å². The Bertz CT molecular complexity index is 3230. The second-order valence-corrected chi connectivity index (χ2v) is 14.2. The number of ketones is 2. The van der Waals surface area contributed by atoms with Crippen LogP contribution >= 0.6 is 0 Å². The lowest BCUT2D eigenvalue weighted by molar-refractivity contribution is 0.103. The van der Waals surface area contributed by atoms with Crippen LogP contribution in [0.15, 0.2) is 191 Å². The first-order valence-corrected chi connectivity index (χ1v) is 18.7. The predicted octanol–water partition coefficient (Wildman–Crippen LogP) is 13.5. The fourth-order valence-corrected chi connectivity index (χ4v) is 8.48. The zero-order valence-corrected chi connectivity index (χ0v) is 30.0. The fraction of sp³-hybridized carbons (Fsp3) is 0. The first-order chi connectivity index (χ1) is 27.6. The third kappa shape index (κ3) is 4.79. The van der Waals surface area contributed by atoms with E-state index in [0.29, 0.717) is 44.6 Å². The fourth-order valence-electron chi connectivity index (χ4n) is 8.48. The summed E-state index contributed by atoms with van der Waals surface area (Å²) in [5.41, 5.74) is 11.6. The molecule has 4 heteroatoms. The molecule has 0 radical (unpaired) electrons. The number of rotatable bonds is 7. The highest BCUT2D eigenvalue weighted by atomic mass is 16.3. The Morgan fingerprint density at radius 3 is 1.30 bits per heavy atom. The van der Waals surface area contributed by atoms with Gasteiger partial charge in [-0.3, -0.25) is 9.59 Å². The summed E-state index contributed by atoms with van der Waals surface area (Å²) in [5, 5.41) is 3.47. The van der Waals surface area contributed by atoms with Crippen molar-refractivity contribution in [2.75, 3.05) is 0 Å². The topological polar surface area (TPSA) is 60.4 Å². The van der Waals surface area contributed by atoms with E-state index >= 15 is 0 Å². The maximum absolute atomic E-state index is 14.7. The maximum Gasteiger partial charge on any atom is 0.196 e. The summed E-state index contributed by atoms with van der Waals surface area (Å²) in [7, 11) is 0. The molecule has 0 aromatic heterocycles. The number of carbonyl (C=O) groups is 2. The summed E-state index contributed by atoms with van der Waals surface area (Å²) < 4.78 is 14.3. The van der Waals surface area contributed by atoms with Crippen LogP contribution in [0.3, 0.4) is 0 Å². The molecular formula is C52H30O4. The average molecular weight is 719 g/mol. The van der Waals surface area contributed by atoms with Crippen LogP contribution in [0.5, 0.6) is 0 Å². The number of hydrogen-bond donors (Lipinski definition) is 0. The van der Waals surface area contributed by atoms with Crippen molar-refractivity contribution in [2.45, 2.75) is 0 Å². The second kappa shape index (κ2) is 12.5. The van der Waals surface area contributed by atoms with Gasteiger partial charge in [-0.25, -0.2) is 0 Å². The highest BCUT2D eigenvalue weighted by Crippen LogP contribution is 2.54. The molecule has 0 amide bonds. The molecule has 0 spiro atoms. The minimum atomic E-state index is -0.137. The van der Waals surface area contributed by atoms with Gasteiger partial charge in [0.05, 0.1) is 11.1 Å². The lowest BCUT2D eigenvalue weighted by Gasteiger charge is -2.25. The summed E-state index contributed by atoms with van der Waals surface area (Å²) in [4.78, 5) is 29.3. The third-order valence-corrected chi connectivity index (χ3v) is 11.0. The largest absolute Gasteiger partial charge is 0.455 e. The molecule has 2 heterocycles. The van der Waals surface area contributed by atoms with Crippen molar-refractivity contribution in [1.29, 1.82) is 0 Å². The molecule has 0 bridgehead atoms. The molecule has 262 valence electrons. The lowest BCUT2D eigenvalue weighted by atomic mass is 9.81. The van der Waals surface area contributed by atoms with Crippen molar-refractivity contribution in [3.8, 4) is 44.5 Å². The molecule has 9 aromatic carbocycles. The van der Waals surface area contributed by atoms with Crippen LogP contribution in [0.1, 0.15) is 31.8 Å². The van der Waals surface area contributed by atoms with Gasteiger partial charge >= 0.3 is 0 Å². The molecular weight excluding hydrogens is 689 g/mol. The quantitative estimate of drug-likeness (QED) is 0.0935. The van der Waals surface area contributed by atoms with Crippen LogP contribution in [0.4, 0.5) is 0 Å². The molecule has 2 aliphatic rings. The van der Waals surface area contributed by atoms with Crippen LogP contribution in [0.2, 0.25) is 0 Å². The van der Waals surface area contributed by atoms with E-state index in [1.54, 1.807) is 0 Å². The maximum atomic E-state index is 14.7. The molecule has 0 aliphatic carbocycles. The molecule has 0 saturated heterocycles. The van der Waals surface area contributed by atoms with E-state index < -0.39 is 0 Å². The van der Waals surface area contributed by atoms with Gasteiger partial charge in [-0.2, -0.15) is 0 Å². The lowest BCUT2D eigenvalue weighted by Crippen LogP contribution is -2.07. The Labute approximate surface area is 321 Å². The van der Waals surface area contributed by atoms with Crippen molar-refractivity contribution < 1.29 is 18.4 Å². The molecule has 4 nitrogen and oxygen atoms in total. The number of carbonyl (C=O) groups excluding carboxylic acids is 2. The predicted molar refractivity (Wildman–Crippen MR) is 225 cm³/mol. The van der Waals surface area contributed by atoms with E-state index in [4.69, 9.17) is 8.83 Å². The van der Waals surface area contributed by atoms with Gasteiger partial charge in [-0.05, 0) is 68.9 Å². The molecule has 0 atom stereocenters. The van der Waals surface area contributed by atoms with E-state index in [2.05, 4.69) is 42.5 Å². The first kappa shape index (κ1) is 31.9. The summed E-state index contributed by atoms with van der Waals surface area (Å²) in [6.45, 7) is 0. The molecule has 2 aliphatic heterocycles. The SMILES string of the molecule is O=C(c1ccccc1)c1cc(-c2ccccc2)c2ccc3oc4c(C(=O)c5ccccc5)cc(-c5ccccc5)c5cc(-c6ccccc6)c6oc1c2c3-c6c54.